The third kappa shape index (κ3) is 6.04. The topological polar surface area (TPSA) is 58.4 Å². The van der Waals surface area contributed by atoms with Crippen LogP contribution in [0.15, 0.2) is 30.3 Å². The second-order valence-corrected chi connectivity index (χ2v) is 4.11. The third-order valence-corrected chi connectivity index (χ3v) is 2.48. The molecular weight excluding hydrogens is 214 g/mol. The number of hydrogen-bond donors (Lipinski definition) is 2. The Balaban J connectivity index is 2.17. The fraction of sp³-hybridized carbons (Fsp3) is 0.462. The van der Waals surface area contributed by atoms with E-state index in [0.717, 1.165) is 13.1 Å². The average Bonchev–Trinajstić information content (AvgIpc) is 2.30. The average molecular weight is 235 g/mol. The van der Waals surface area contributed by atoms with Crippen LogP contribution in [-0.4, -0.2) is 37.5 Å². The predicted molar refractivity (Wildman–Crippen MR) is 69.5 cm³/mol. The number of benzene rings is 1. The summed E-state index contributed by atoms with van der Waals surface area (Å²) in [5, 5.41) is 2.84. The number of nitrogens with one attached hydrogen (secondary N) is 1. The monoisotopic (exact) mass is 235 g/mol. The zero-order valence-corrected chi connectivity index (χ0v) is 10.4. The van der Waals surface area contributed by atoms with Crippen LogP contribution in [0.2, 0.25) is 0 Å². The quantitative estimate of drug-likeness (QED) is 0.727. The van der Waals surface area contributed by atoms with Crippen molar-refractivity contribution in [2.24, 2.45) is 5.73 Å². The molecule has 3 N–H and O–H groups in total. The fourth-order valence-electron chi connectivity index (χ4n) is 1.58. The van der Waals surface area contributed by atoms with Gasteiger partial charge in [0.2, 0.25) is 5.91 Å². The Labute approximate surface area is 103 Å². The minimum Gasteiger partial charge on any atom is -0.355 e. The number of nitrogens with two attached hydrogens (primary N) is 1. The van der Waals surface area contributed by atoms with Crippen molar-refractivity contribution < 1.29 is 4.79 Å². The first-order chi connectivity index (χ1) is 8.22. The number of hydrogen-bond acceptors (Lipinski definition) is 3. The molecule has 0 unspecified atom stereocenters. The second-order valence-electron chi connectivity index (χ2n) is 4.11. The van der Waals surface area contributed by atoms with Gasteiger partial charge < -0.3 is 16.0 Å². The summed E-state index contributed by atoms with van der Waals surface area (Å²) < 4.78 is 0. The molecule has 0 aliphatic rings. The van der Waals surface area contributed by atoms with E-state index in [2.05, 4.69) is 22.3 Å². The summed E-state index contributed by atoms with van der Waals surface area (Å²) in [5.41, 5.74) is 6.57. The Hall–Kier alpha value is -1.39. The smallest absolute Gasteiger partial charge is 0.221 e. The number of carbonyl (C=O) groups is 1. The zero-order chi connectivity index (χ0) is 12.5. The number of rotatable bonds is 7. The summed E-state index contributed by atoms with van der Waals surface area (Å²) in [7, 11) is 2.04. The van der Waals surface area contributed by atoms with Crippen molar-refractivity contribution in [2.45, 2.75) is 13.0 Å². The van der Waals surface area contributed by atoms with Gasteiger partial charge >= 0.3 is 0 Å². The summed E-state index contributed by atoms with van der Waals surface area (Å²) in [6, 6.07) is 10.3. The second kappa shape index (κ2) is 7.81. The van der Waals surface area contributed by atoms with E-state index in [0.29, 0.717) is 19.5 Å². The van der Waals surface area contributed by atoms with E-state index in [4.69, 9.17) is 5.73 Å². The van der Waals surface area contributed by atoms with Crippen LogP contribution >= 0.6 is 0 Å². The highest BCUT2D eigenvalue weighted by Gasteiger charge is 2.01. The van der Waals surface area contributed by atoms with Gasteiger partial charge in [-0.2, -0.15) is 0 Å². The van der Waals surface area contributed by atoms with E-state index in [1.54, 1.807) is 0 Å². The highest BCUT2D eigenvalue weighted by molar-refractivity contribution is 5.75. The van der Waals surface area contributed by atoms with E-state index < -0.39 is 0 Å². The van der Waals surface area contributed by atoms with Crippen molar-refractivity contribution in [3.8, 4) is 0 Å². The van der Waals surface area contributed by atoms with Gasteiger partial charge in [-0.3, -0.25) is 4.79 Å². The highest BCUT2D eigenvalue weighted by Crippen LogP contribution is 2.01. The van der Waals surface area contributed by atoms with Crippen molar-refractivity contribution in [3.05, 3.63) is 35.9 Å². The molecule has 4 heteroatoms. The summed E-state index contributed by atoms with van der Waals surface area (Å²) >= 11 is 0. The molecule has 0 aliphatic heterocycles. The molecule has 1 amide bonds. The lowest BCUT2D eigenvalue weighted by Gasteiger charge is -2.16. The van der Waals surface area contributed by atoms with Crippen molar-refractivity contribution in [3.63, 3.8) is 0 Å². The maximum atomic E-state index is 11.2. The summed E-state index contributed by atoms with van der Waals surface area (Å²) in [6.07, 6.45) is 0.405. The molecule has 1 aromatic carbocycles. The summed E-state index contributed by atoms with van der Waals surface area (Å²) in [4.78, 5) is 13.4. The van der Waals surface area contributed by atoms with Crippen molar-refractivity contribution in [1.82, 2.24) is 10.2 Å². The van der Waals surface area contributed by atoms with E-state index in [1.807, 2.05) is 25.2 Å². The maximum absolute atomic E-state index is 11.2. The lowest BCUT2D eigenvalue weighted by atomic mass is 10.2. The van der Waals surface area contributed by atoms with Gasteiger partial charge in [0.1, 0.15) is 0 Å². The van der Waals surface area contributed by atoms with Crippen LogP contribution in [0.1, 0.15) is 12.0 Å². The van der Waals surface area contributed by atoms with Crippen molar-refractivity contribution >= 4 is 5.91 Å². The molecule has 0 fully saturated rings. The molecule has 0 saturated heterocycles. The Morgan fingerprint density at radius 1 is 1.35 bits per heavy atom. The molecule has 17 heavy (non-hydrogen) atoms. The van der Waals surface area contributed by atoms with Gasteiger partial charge in [-0.25, -0.2) is 0 Å². The van der Waals surface area contributed by atoms with Gasteiger partial charge in [-0.1, -0.05) is 30.3 Å². The van der Waals surface area contributed by atoms with E-state index >= 15 is 0 Å². The van der Waals surface area contributed by atoms with Gasteiger partial charge in [-0.15, -0.1) is 0 Å². The molecule has 0 radical (unpaired) electrons. The van der Waals surface area contributed by atoms with Gasteiger partial charge in [0.15, 0.2) is 0 Å². The molecule has 0 saturated carbocycles. The molecule has 0 spiro atoms. The molecule has 1 aromatic rings. The van der Waals surface area contributed by atoms with Crippen LogP contribution < -0.4 is 11.1 Å². The fourth-order valence-corrected chi connectivity index (χ4v) is 1.58. The van der Waals surface area contributed by atoms with Crippen LogP contribution in [0.4, 0.5) is 0 Å². The van der Waals surface area contributed by atoms with Gasteiger partial charge in [0.05, 0.1) is 0 Å². The van der Waals surface area contributed by atoms with Gasteiger partial charge in [0.25, 0.3) is 0 Å². The van der Waals surface area contributed by atoms with Crippen LogP contribution in [0.3, 0.4) is 0 Å². The van der Waals surface area contributed by atoms with E-state index in [1.165, 1.54) is 5.56 Å². The lowest BCUT2D eigenvalue weighted by molar-refractivity contribution is -0.120. The Morgan fingerprint density at radius 2 is 2.06 bits per heavy atom. The molecular formula is C13H21N3O. The molecule has 0 aliphatic carbocycles. The molecule has 0 bridgehead atoms. The Kier molecular flexibility index (Phi) is 6.29. The first kappa shape index (κ1) is 13.7. The minimum absolute atomic E-state index is 0.0283. The van der Waals surface area contributed by atoms with E-state index in [9.17, 15) is 4.79 Å². The number of likely N-dealkylation sites (N-methyl/N-ethyl adjacent to an activating group) is 1. The predicted octanol–water partition coefficient (Wildman–Crippen LogP) is 0.583. The van der Waals surface area contributed by atoms with Gasteiger partial charge in [-0.05, 0) is 12.6 Å². The SMILES string of the molecule is CN(CCNC(=O)CCN)Cc1ccccc1. The van der Waals surface area contributed by atoms with E-state index in [-0.39, 0.29) is 5.91 Å². The molecule has 0 atom stereocenters. The molecule has 1 rings (SSSR count). The van der Waals surface area contributed by atoms with Crippen LogP contribution in [0, 0.1) is 0 Å². The first-order valence-electron chi connectivity index (χ1n) is 5.91. The normalized spacial score (nSPS) is 10.5. The molecule has 0 aromatic heterocycles. The van der Waals surface area contributed by atoms with Crippen LogP contribution in [-0.2, 0) is 11.3 Å². The third-order valence-electron chi connectivity index (χ3n) is 2.48. The minimum atomic E-state index is 0.0283. The van der Waals surface area contributed by atoms with Crippen LogP contribution in [0.25, 0.3) is 0 Å². The lowest BCUT2D eigenvalue weighted by Crippen LogP contribution is -2.33. The Morgan fingerprint density at radius 3 is 2.71 bits per heavy atom. The van der Waals surface area contributed by atoms with Gasteiger partial charge in [0, 0.05) is 32.6 Å². The number of nitrogens with zero attached hydrogens (tertiary/aromatic N) is 1. The maximum Gasteiger partial charge on any atom is 0.221 e. The molecule has 4 nitrogen and oxygen atoms in total. The highest BCUT2D eigenvalue weighted by atomic mass is 16.1. The summed E-state index contributed by atoms with van der Waals surface area (Å²) in [6.45, 7) is 2.81. The molecule has 0 heterocycles. The summed E-state index contributed by atoms with van der Waals surface area (Å²) in [5.74, 6) is 0.0283. The molecule has 94 valence electrons. The number of amides is 1. The standard InChI is InChI=1S/C13H21N3O/c1-16(10-9-15-13(17)7-8-14)11-12-5-3-2-4-6-12/h2-6H,7-11,14H2,1H3,(H,15,17). The van der Waals surface area contributed by atoms with Crippen molar-refractivity contribution in [1.29, 1.82) is 0 Å². The van der Waals surface area contributed by atoms with Crippen LogP contribution in [0.5, 0.6) is 0 Å². The zero-order valence-electron chi connectivity index (χ0n) is 10.4. The first-order valence-corrected chi connectivity index (χ1v) is 5.91. The number of carbonyl (C=O) groups excluding carboxylic acids is 1. The Bertz CT molecular complexity index is 327. The largest absolute Gasteiger partial charge is 0.355 e. The van der Waals surface area contributed by atoms with Crippen molar-refractivity contribution in [2.75, 3.05) is 26.7 Å².